The molecular formula is C20H24FNO2. The van der Waals surface area contributed by atoms with E-state index in [0.717, 1.165) is 17.7 Å². The molecule has 0 aromatic heterocycles. The summed E-state index contributed by atoms with van der Waals surface area (Å²) in [6.07, 6.45) is 0.854. The maximum Gasteiger partial charge on any atom is 0.225 e. The van der Waals surface area contributed by atoms with Gasteiger partial charge in [-0.25, -0.2) is 4.39 Å². The number of halogens is 1. The summed E-state index contributed by atoms with van der Waals surface area (Å²) in [7, 11) is 1.62. The molecule has 0 saturated carbocycles. The molecule has 1 N–H and O–H groups in total. The molecule has 4 heteroatoms. The lowest BCUT2D eigenvalue weighted by Gasteiger charge is -2.21. The van der Waals surface area contributed by atoms with Crippen LogP contribution in [0.25, 0.3) is 0 Å². The first-order valence-corrected chi connectivity index (χ1v) is 8.16. The minimum atomic E-state index is -0.350. The molecule has 1 amide bonds. The molecule has 0 radical (unpaired) electrons. The van der Waals surface area contributed by atoms with Gasteiger partial charge in [-0.2, -0.15) is 0 Å². The van der Waals surface area contributed by atoms with Gasteiger partial charge in [0, 0.05) is 0 Å². The molecule has 2 aromatic carbocycles. The van der Waals surface area contributed by atoms with E-state index in [1.165, 1.54) is 6.07 Å². The van der Waals surface area contributed by atoms with Crippen molar-refractivity contribution in [2.45, 2.75) is 32.7 Å². The smallest absolute Gasteiger partial charge is 0.225 e. The van der Waals surface area contributed by atoms with Gasteiger partial charge in [0.05, 0.1) is 19.6 Å². The Morgan fingerprint density at radius 1 is 1.12 bits per heavy atom. The van der Waals surface area contributed by atoms with Gasteiger partial charge in [0.15, 0.2) is 0 Å². The number of benzene rings is 2. The first kappa shape index (κ1) is 18.0. The molecule has 24 heavy (non-hydrogen) atoms. The Kier molecular flexibility index (Phi) is 6.36. The van der Waals surface area contributed by atoms with E-state index in [2.05, 4.69) is 19.2 Å². The number of methoxy groups -OCH3 is 1. The Morgan fingerprint density at radius 2 is 1.79 bits per heavy atom. The van der Waals surface area contributed by atoms with Crippen molar-refractivity contribution < 1.29 is 13.9 Å². The molecule has 1 unspecified atom stereocenters. The van der Waals surface area contributed by atoms with E-state index in [0.29, 0.717) is 11.5 Å². The van der Waals surface area contributed by atoms with E-state index in [1.54, 1.807) is 25.3 Å². The first-order chi connectivity index (χ1) is 11.5. The summed E-state index contributed by atoms with van der Waals surface area (Å²) in [6.45, 7) is 4.22. The fourth-order valence-corrected chi connectivity index (χ4v) is 2.65. The Balaban J connectivity index is 2.10. The van der Waals surface area contributed by atoms with Gasteiger partial charge in [0.2, 0.25) is 5.91 Å². The zero-order valence-electron chi connectivity index (χ0n) is 14.4. The third kappa shape index (κ3) is 5.08. The van der Waals surface area contributed by atoms with Crippen LogP contribution in [0.5, 0.6) is 5.75 Å². The van der Waals surface area contributed by atoms with Crippen LogP contribution in [0.4, 0.5) is 4.39 Å². The van der Waals surface area contributed by atoms with Gasteiger partial charge >= 0.3 is 0 Å². The Labute approximate surface area is 142 Å². The molecule has 0 fully saturated rings. The maximum atomic E-state index is 13.7. The highest BCUT2D eigenvalue weighted by molar-refractivity contribution is 5.79. The van der Waals surface area contributed by atoms with Crippen molar-refractivity contribution in [2.24, 2.45) is 5.92 Å². The van der Waals surface area contributed by atoms with Crippen LogP contribution in [0.1, 0.15) is 37.4 Å². The highest BCUT2D eigenvalue weighted by atomic mass is 19.1. The van der Waals surface area contributed by atoms with Crippen LogP contribution in [0.15, 0.2) is 48.5 Å². The van der Waals surface area contributed by atoms with Gasteiger partial charge in [0.25, 0.3) is 0 Å². The lowest BCUT2D eigenvalue weighted by atomic mass is 9.96. The zero-order chi connectivity index (χ0) is 17.5. The van der Waals surface area contributed by atoms with Gasteiger partial charge < -0.3 is 10.1 Å². The van der Waals surface area contributed by atoms with Crippen LogP contribution in [0.2, 0.25) is 0 Å². The molecule has 128 valence electrons. The number of carbonyl (C=O) groups excluding carboxylic acids is 1. The zero-order valence-corrected chi connectivity index (χ0v) is 14.4. The number of hydrogen-bond donors (Lipinski definition) is 1. The number of amides is 1. The number of ether oxygens (including phenoxy) is 1. The highest BCUT2D eigenvalue weighted by Gasteiger charge is 2.17. The average molecular weight is 329 g/mol. The highest BCUT2D eigenvalue weighted by Crippen LogP contribution is 2.23. The molecule has 0 aliphatic heterocycles. The van der Waals surface area contributed by atoms with Crippen molar-refractivity contribution in [1.29, 1.82) is 0 Å². The second kappa shape index (κ2) is 8.48. The van der Waals surface area contributed by atoms with Gasteiger partial charge in [0.1, 0.15) is 11.6 Å². The Morgan fingerprint density at radius 3 is 2.38 bits per heavy atom. The predicted octanol–water partition coefficient (Wildman–Crippen LogP) is 4.28. The number of nitrogens with one attached hydrogen (secondary N) is 1. The van der Waals surface area contributed by atoms with E-state index >= 15 is 0 Å². The fraction of sp³-hybridized carbons (Fsp3) is 0.350. The first-order valence-electron chi connectivity index (χ1n) is 8.16. The normalized spacial score (nSPS) is 12.0. The minimum absolute atomic E-state index is 0.0391. The lowest BCUT2D eigenvalue weighted by molar-refractivity contribution is -0.121. The number of rotatable bonds is 7. The summed E-state index contributed by atoms with van der Waals surface area (Å²) >= 11 is 0. The van der Waals surface area contributed by atoms with Crippen molar-refractivity contribution in [3.05, 3.63) is 65.5 Å². The molecular weight excluding hydrogens is 305 g/mol. The van der Waals surface area contributed by atoms with E-state index in [1.807, 2.05) is 24.3 Å². The molecule has 0 saturated heterocycles. The maximum absolute atomic E-state index is 13.7. The van der Waals surface area contributed by atoms with Crippen molar-refractivity contribution in [1.82, 2.24) is 5.32 Å². The molecule has 2 rings (SSSR count). The van der Waals surface area contributed by atoms with Crippen LogP contribution in [-0.2, 0) is 11.2 Å². The lowest BCUT2D eigenvalue weighted by Crippen LogP contribution is -2.31. The third-order valence-corrected chi connectivity index (χ3v) is 3.87. The molecule has 1 atom stereocenters. The third-order valence-electron chi connectivity index (χ3n) is 3.87. The van der Waals surface area contributed by atoms with Crippen LogP contribution in [0.3, 0.4) is 0 Å². The van der Waals surface area contributed by atoms with Crippen molar-refractivity contribution in [2.75, 3.05) is 7.11 Å². The molecule has 0 spiro atoms. The van der Waals surface area contributed by atoms with Gasteiger partial charge in [-0.1, -0.05) is 44.2 Å². The molecule has 2 aromatic rings. The van der Waals surface area contributed by atoms with Crippen LogP contribution in [-0.4, -0.2) is 13.0 Å². The quantitative estimate of drug-likeness (QED) is 0.823. The van der Waals surface area contributed by atoms with Gasteiger partial charge in [-0.3, -0.25) is 4.79 Å². The second-order valence-electron chi connectivity index (χ2n) is 6.29. The largest absolute Gasteiger partial charge is 0.497 e. The van der Waals surface area contributed by atoms with E-state index in [4.69, 9.17) is 4.74 Å². The second-order valence-corrected chi connectivity index (χ2v) is 6.29. The standard InChI is InChI=1S/C20H24FNO2/c1-14(2)12-19(15-8-10-17(24-3)11-9-15)22-20(23)13-16-6-4-5-7-18(16)21/h4-11,14,19H,12-13H2,1-3H3,(H,22,23). The van der Waals surface area contributed by atoms with Gasteiger partial charge in [-0.15, -0.1) is 0 Å². The monoisotopic (exact) mass is 329 g/mol. The Hall–Kier alpha value is -2.36. The summed E-state index contributed by atoms with van der Waals surface area (Å²) in [5.41, 5.74) is 1.43. The minimum Gasteiger partial charge on any atom is -0.497 e. The summed E-state index contributed by atoms with van der Waals surface area (Å²) < 4.78 is 18.9. The van der Waals surface area contributed by atoms with Crippen molar-refractivity contribution in [3.8, 4) is 5.75 Å². The van der Waals surface area contributed by atoms with Crippen molar-refractivity contribution in [3.63, 3.8) is 0 Å². The molecule has 0 aliphatic rings. The van der Waals surface area contributed by atoms with Crippen LogP contribution < -0.4 is 10.1 Å². The fourth-order valence-electron chi connectivity index (χ4n) is 2.65. The predicted molar refractivity (Wildman–Crippen MR) is 93.4 cm³/mol. The summed E-state index contributed by atoms with van der Waals surface area (Å²) in [5.74, 6) is 0.671. The van der Waals surface area contributed by atoms with Crippen molar-refractivity contribution >= 4 is 5.91 Å². The molecule has 3 nitrogen and oxygen atoms in total. The summed E-state index contributed by atoms with van der Waals surface area (Å²) in [5, 5.41) is 3.03. The molecule has 0 aliphatic carbocycles. The van der Waals surface area contributed by atoms with Crippen LogP contribution >= 0.6 is 0 Å². The number of carbonyl (C=O) groups is 1. The van der Waals surface area contributed by atoms with Crippen LogP contribution in [0, 0.1) is 11.7 Å². The summed E-state index contributed by atoms with van der Waals surface area (Å²) in [6, 6.07) is 13.9. The average Bonchev–Trinajstić information content (AvgIpc) is 2.56. The van der Waals surface area contributed by atoms with E-state index in [-0.39, 0.29) is 24.2 Å². The van der Waals surface area contributed by atoms with Gasteiger partial charge in [-0.05, 0) is 41.7 Å². The topological polar surface area (TPSA) is 38.3 Å². The van der Waals surface area contributed by atoms with E-state index < -0.39 is 0 Å². The SMILES string of the molecule is COc1ccc(C(CC(C)C)NC(=O)Cc2ccccc2F)cc1. The molecule has 0 heterocycles. The molecule has 0 bridgehead atoms. The Bertz CT molecular complexity index is 668. The number of hydrogen-bond acceptors (Lipinski definition) is 2. The summed E-state index contributed by atoms with van der Waals surface area (Å²) in [4.78, 5) is 12.4. The van der Waals surface area contributed by atoms with E-state index in [9.17, 15) is 9.18 Å².